The summed E-state index contributed by atoms with van der Waals surface area (Å²) in [5, 5.41) is 11.0. The van der Waals surface area contributed by atoms with Crippen molar-refractivity contribution in [3.05, 3.63) is 23.8 Å². The van der Waals surface area contributed by atoms with Gasteiger partial charge < -0.3 is 16.0 Å². The Morgan fingerprint density at radius 2 is 2.05 bits per heavy atom. The van der Waals surface area contributed by atoms with Gasteiger partial charge in [0.05, 0.1) is 0 Å². The molecule has 1 aromatic carbocycles. The number of hydrogen-bond acceptors (Lipinski definition) is 4. The third-order valence-corrected chi connectivity index (χ3v) is 5.86. The van der Waals surface area contributed by atoms with E-state index in [2.05, 4.69) is 34.1 Å². The first-order chi connectivity index (χ1) is 9.87. The molecule has 0 amide bonds. The maximum atomic E-state index is 3.77. The third kappa shape index (κ3) is 2.69. The van der Waals surface area contributed by atoms with Crippen LogP contribution in [0.5, 0.6) is 0 Å². The van der Waals surface area contributed by atoms with Crippen molar-refractivity contribution in [1.82, 2.24) is 10.6 Å². The van der Waals surface area contributed by atoms with Gasteiger partial charge in [-0.15, -0.1) is 11.8 Å². The lowest BCUT2D eigenvalue weighted by Gasteiger charge is -2.30. The highest BCUT2D eigenvalue weighted by Crippen LogP contribution is 2.32. The minimum atomic E-state index is 0.701. The highest BCUT2D eigenvalue weighted by molar-refractivity contribution is 7.99. The Bertz CT molecular complexity index is 479. The molecule has 3 aliphatic rings. The SMILES string of the molecule is c1cc2c(cc1CNC1CC3CCC(C1)N3)NCCS2. The Morgan fingerprint density at radius 3 is 2.90 bits per heavy atom. The summed E-state index contributed by atoms with van der Waals surface area (Å²) >= 11 is 1.96. The van der Waals surface area contributed by atoms with E-state index in [-0.39, 0.29) is 0 Å². The van der Waals surface area contributed by atoms with Gasteiger partial charge in [0.25, 0.3) is 0 Å². The van der Waals surface area contributed by atoms with Crippen LogP contribution in [0.15, 0.2) is 23.1 Å². The van der Waals surface area contributed by atoms with Crippen LogP contribution in [0.3, 0.4) is 0 Å². The molecule has 0 radical (unpaired) electrons. The molecule has 0 spiro atoms. The molecular weight excluding hydrogens is 266 g/mol. The van der Waals surface area contributed by atoms with Gasteiger partial charge in [-0.2, -0.15) is 0 Å². The summed E-state index contributed by atoms with van der Waals surface area (Å²) in [6.45, 7) is 2.09. The van der Waals surface area contributed by atoms with E-state index >= 15 is 0 Å². The first-order valence-corrected chi connectivity index (χ1v) is 8.84. The first-order valence-electron chi connectivity index (χ1n) is 7.86. The van der Waals surface area contributed by atoms with Crippen LogP contribution in [0.25, 0.3) is 0 Å². The molecule has 3 aliphatic heterocycles. The second kappa shape index (κ2) is 5.58. The molecule has 0 aromatic heterocycles. The minimum Gasteiger partial charge on any atom is -0.383 e. The van der Waals surface area contributed by atoms with Crippen molar-refractivity contribution in [2.45, 2.75) is 55.2 Å². The molecule has 2 fully saturated rings. The topological polar surface area (TPSA) is 36.1 Å². The van der Waals surface area contributed by atoms with Gasteiger partial charge in [-0.05, 0) is 43.4 Å². The van der Waals surface area contributed by atoms with Crippen molar-refractivity contribution in [2.75, 3.05) is 17.6 Å². The van der Waals surface area contributed by atoms with Crippen LogP contribution in [-0.4, -0.2) is 30.4 Å². The van der Waals surface area contributed by atoms with E-state index < -0.39 is 0 Å². The third-order valence-electron chi connectivity index (χ3n) is 4.79. The van der Waals surface area contributed by atoms with Crippen molar-refractivity contribution in [2.24, 2.45) is 0 Å². The molecule has 0 saturated carbocycles. The molecule has 2 atom stereocenters. The zero-order valence-corrected chi connectivity index (χ0v) is 12.6. The van der Waals surface area contributed by atoms with Gasteiger partial charge in [-0.3, -0.25) is 0 Å². The van der Waals surface area contributed by atoms with Crippen LogP contribution >= 0.6 is 11.8 Å². The zero-order valence-electron chi connectivity index (χ0n) is 11.8. The Balaban J connectivity index is 1.37. The van der Waals surface area contributed by atoms with Gasteiger partial charge in [0.15, 0.2) is 0 Å². The van der Waals surface area contributed by atoms with Crippen LogP contribution < -0.4 is 16.0 Å². The minimum absolute atomic E-state index is 0.701. The summed E-state index contributed by atoms with van der Waals surface area (Å²) < 4.78 is 0. The van der Waals surface area contributed by atoms with Gasteiger partial charge in [0, 0.05) is 47.6 Å². The zero-order chi connectivity index (χ0) is 13.4. The molecule has 20 heavy (non-hydrogen) atoms. The number of hydrogen-bond donors (Lipinski definition) is 3. The van der Waals surface area contributed by atoms with E-state index in [1.807, 2.05) is 11.8 Å². The van der Waals surface area contributed by atoms with Gasteiger partial charge in [0.2, 0.25) is 0 Å². The van der Waals surface area contributed by atoms with Crippen molar-refractivity contribution < 1.29 is 0 Å². The van der Waals surface area contributed by atoms with Crippen molar-refractivity contribution in [3.63, 3.8) is 0 Å². The number of rotatable bonds is 3. The summed E-state index contributed by atoms with van der Waals surface area (Å²) in [5.41, 5.74) is 2.73. The Labute approximate surface area is 125 Å². The number of anilines is 1. The van der Waals surface area contributed by atoms with E-state index in [1.54, 1.807) is 0 Å². The second-order valence-corrected chi connectivity index (χ2v) is 7.43. The van der Waals surface area contributed by atoms with Crippen molar-refractivity contribution in [1.29, 1.82) is 0 Å². The molecule has 0 aliphatic carbocycles. The quantitative estimate of drug-likeness (QED) is 0.799. The molecule has 1 aromatic rings. The monoisotopic (exact) mass is 289 g/mol. The van der Waals surface area contributed by atoms with Crippen LogP contribution in [0.2, 0.25) is 0 Å². The first kappa shape index (κ1) is 13.0. The standard InChI is InChI=1S/C16H23N3S/c1-4-16-15(17-5-6-20-16)7-11(1)10-18-14-8-12-2-3-13(9-14)19-12/h1,4,7,12-14,17-19H,2-3,5-6,8-10H2. The number of piperidine rings is 1. The molecule has 4 rings (SSSR count). The maximum absolute atomic E-state index is 3.77. The summed E-state index contributed by atoms with van der Waals surface area (Å²) in [6.07, 6.45) is 5.36. The van der Waals surface area contributed by atoms with Gasteiger partial charge >= 0.3 is 0 Å². The molecule has 4 heteroatoms. The molecular formula is C16H23N3S. The number of nitrogens with one attached hydrogen (secondary N) is 3. The lowest BCUT2D eigenvalue weighted by atomic mass is 9.99. The van der Waals surface area contributed by atoms with Crippen LogP contribution in [-0.2, 0) is 6.54 Å². The molecule has 2 bridgehead atoms. The molecule has 3 N–H and O–H groups in total. The average molecular weight is 289 g/mol. The van der Waals surface area contributed by atoms with E-state index in [4.69, 9.17) is 0 Å². The van der Waals surface area contributed by atoms with E-state index in [0.717, 1.165) is 25.2 Å². The fourth-order valence-corrected chi connectivity index (χ4v) is 4.66. The molecule has 2 saturated heterocycles. The van der Waals surface area contributed by atoms with Crippen molar-refractivity contribution in [3.8, 4) is 0 Å². The Hall–Kier alpha value is -0.710. The van der Waals surface area contributed by atoms with Gasteiger partial charge in [-0.1, -0.05) is 6.07 Å². The van der Waals surface area contributed by atoms with E-state index in [1.165, 1.54) is 47.6 Å². The highest BCUT2D eigenvalue weighted by Gasteiger charge is 2.32. The van der Waals surface area contributed by atoms with E-state index in [9.17, 15) is 0 Å². The molecule has 108 valence electrons. The van der Waals surface area contributed by atoms with Crippen LogP contribution in [0.1, 0.15) is 31.2 Å². The fraction of sp³-hybridized carbons (Fsp3) is 0.625. The number of fused-ring (bicyclic) bond motifs is 3. The van der Waals surface area contributed by atoms with Crippen LogP contribution in [0, 0.1) is 0 Å². The lowest BCUT2D eigenvalue weighted by Crippen LogP contribution is -2.46. The largest absolute Gasteiger partial charge is 0.383 e. The van der Waals surface area contributed by atoms with E-state index in [0.29, 0.717) is 6.04 Å². The summed E-state index contributed by atoms with van der Waals surface area (Å²) in [4.78, 5) is 1.40. The van der Waals surface area contributed by atoms with Gasteiger partial charge in [-0.25, -0.2) is 0 Å². The predicted octanol–water partition coefficient (Wildman–Crippen LogP) is 2.58. The molecule has 3 heterocycles. The predicted molar refractivity (Wildman–Crippen MR) is 85.5 cm³/mol. The van der Waals surface area contributed by atoms with Crippen LogP contribution in [0.4, 0.5) is 5.69 Å². The molecule has 3 nitrogen and oxygen atoms in total. The number of benzene rings is 1. The second-order valence-electron chi connectivity index (χ2n) is 6.29. The van der Waals surface area contributed by atoms with Crippen molar-refractivity contribution >= 4 is 17.4 Å². The Kier molecular flexibility index (Phi) is 3.63. The Morgan fingerprint density at radius 1 is 1.20 bits per heavy atom. The summed E-state index contributed by atoms with van der Waals surface area (Å²) in [5.74, 6) is 1.18. The maximum Gasteiger partial charge on any atom is 0.0481 e. The smallest absolute Gasteiger partial charge is 0.0481 e. The normalized spacial score (nSPS) is 31.7. The summed E-state index contributed by atoms with van der Waals surface area (Å²) in [7, 11) is 0. The van der Waals surface area contributed by atoms with Gasteiger partial charge in [0.1, 0.15) is 0 Å². The average Bonchev–Trinajstić information content (AvgIpc) is 2.84. The lowest BCUT2D eigenvalue weighted by molar-refractivity contribution is 0.316. The fourth-order valence-electron chi connectivity index (χ4n) is 3.78. The summed E-state index contributed by atoms with van der Waals surface area (Å²) in [6, 6.07) is 9.12. The number of thioether (sulfide) groups is 1. The highest BCUT2D eigenvalue weighted by atomic mass is 32.2. The molecule has 2 unspecified atom stereocenters.